The lowest BCUT2D eigenvalue weighted by Gasteiger charge is -2.11. The maximum absolute atomic E-state index is 12.7. The lowest BCUT2D eigenvalue weighted by Crippen LogP contribution is -2.31. The van der Waals surface area contributed by atoms with E-state index in [2.05, 4.69) is 15.6 Å². The number of rotatable bonds is 7. The minimum atomic E-state index is -0.655. The standard InChI is InChI=1S/C23H21N5O4/c1-4-32-18-10-8-17(9-11-18)28-23(30)20(13-24)15(2)21(27-28)22(29)26-25-14-16-6-5-7-19(12-16)31-3/h5-12,14H,4H2,1-3H3,(H,26,29)/b25-14+. The van der Waals surface area contributed by atoms with Crippen LogP contribution in [-0.2, 0) is 0 Å². The van der Waals surface area contributed by atoms with Crippen molar-refractivity contribution in [1.29, 1.82) is 5.26 Å². The van der Waals surface area contributed by atoms with Crippen LogP contribution in [0.5, 0.6) is 11.5 Å². The molecule has 1 amide bonds. The average Bonchev–Trinajstić information content (AvgIpc) is 2.80. The molecule has 0 fully saturated rings. The van der Waals surface area contributed by atoms with E-state index >= 15 is 0 Å². The minimum absolute atomic E-state index is 0.0853. The van der Waals surface area contributed by atoms with E-state index in [1.807, 2.05) is 13.0 Å². The van der Waals surface area contributed by atoms with Gasteiger partial charge < -0.3 is 9.47 Å². The number of hydrogen-bond acceptors (Lipinski definition) is 7. The average molecular weight is 431 g/mol. The van der Waals surface area contributed by atoms with Crippen molar-refractivity contribution in [2.75, 3.05) is 13.7 Å². The van der Waals surface area contributed by atoms with Crippen molar-refractivity contribution >= 4 is 12.1 Å². The van der Waals surface area contributed by atoms with Crippen LogP contribution in [0.2, 0.25) is 0 Å². The molecule has 0 bridgehead atoms. The Kier molecular flexibility index (Phi) is 6.98. The molecule has 162 valence electrons. The Hall–Kier alpha value is -4.45. The monoisotopic (exact) mass is 431 g/mol. The molecular weight excluding hydrogens is 410 g/mol. The van der Waals surface area contributed by atoms with Gasteiger partial charge in [0.2, 0.25) is 0 Å². The zero-order chi connectivity index (χ0) is 23.1. The summed E-state index contributed by atoms with van der Waals surface area (Å²) >= 11 is 0. The fourth-order valence-electron chi connectivity index (χ4n) is 2.92. The van der Waals surface area contributed by atoms with Crippen LogP contribution < -0.4 is 20.5 Å². The first-order valence-corrected chi connectivity index (χ1v) is 9.73. The van der Waals surface area contributed by atoms with E-state index in [9.17, 15) is 14.9 Å². The molecule has 0 aliphatic heterocycles. The molecule has 2 aromatic carbocycles. The van der Waals surface area contributed by atoms with Crippen LogP contribution in [0, 0.1) is 18.3 Å². The molecule has 0 saturated heterocycles. The first-order valence-electron chi connectivity index (χ1n) is 9.73. The first-order chi connectivity index (χ1) is 15.5. The molecule has 3 rings (SSSR count). The van der Waals surface area contributed by atoms with E-state index in [0.29, 0.717) is 29.4 Å². The predicted molar refractivity (Wildman–Crippen MR) is 119 cm³/mol. The number of aromatic nitrogens is 2. The number of amides is 1. The lowest BCUT2D eigenvalue weighted by atomic mass is 10.1. The summed E-state index contributed by atoms with van der Waals surface area (Å²) in [6, 6.07) is 15.6. The summed E-state index contributed by atoms with van der Waals surface area (Å²) in [6.07, 6.45) is 1.45. The summed E-state index contributed by atoms with van der Waals surface area (Å²) in [7, 11) is 1.55. The number of nitriles is 1. The van der Waals surface area contributed by atoms with Gasteiger partial charge in [0, 0.05) is 5.56 Å². The fraction of sp³-hybridized carbons (Fsp3) is 0.174. The lowest BCUT2D eigenvalue weighted by molar-refractivity contribution is 0.0947. The Bertz CT molecular complexity index is 1260. The quantitative estimate of drug-likeness (QED) is 0.454. The number of methoxy groups -OCH3 is 1. The molecule has 1 heterocycles. The van der Waals surface area contributed by atoms with E-state index in [1.165, 1.54) is 13.1 Å². The molecule has 9 nitrogen and oxygen atoms in total. The van der Waals surface area contributed by atoms with Gasteiger partial charge in [0.25, 0.3) is 11.5 Å². The molecule has 1 aromatic heterocycles. The Morgan fingerprint density at radius 1 is 1.25 bits per heavy atom. The summed E-state index contributed by atoms with van der Waals surface area (Å²) in [5.74, 6) is 0.624. The van der Waals surface area contributed by atoms with Gasteiger partial charge in [-0.15, -0.1) is 0 Å². The zero-order valence-electron chi connectivity index (χ0n) is 17.8. The van der Waals surface area contributed by atoms with Gasteiger partial charge in [-0.05, 0) is 55.8 Å². The van der Waals surface area contributed by atoms with Gasteiger partial charge in [0.15, 0.2) is 5.69 Å². The fourth-order valence-corrected chi connectivity index (χ4v) is 2.92. The molecule has 0 radical (unpaired) electrons. The van der Waals surface area contributed by atoms with Crippen LogP contribution in [0.4, 0.5) is 0 Å². The SMILES string of the molecule is CCOc1ccc(-n2nc(C(=O)N/N=C/c3cccc(OC)c3)c(C)c(C#N)c2=O)cc1. The number of benzene rings is 2. The summed E-state index contributed by atoms with van der Waals surface area (Å²) in [6.45, 7) is 3.86. The van der Waals surface area contributed by atoms with Gasteiger partial charge in [-0.25, -0.2) is 5.43 Å². The van der Waals surface area contributed by atoms with Crippen molar-refractivity contribution in [2.45, 2.75) is 13.8 Å². The summed E-state index contributed by atoms with van der Waals surface area (Å²) in [5, 5.41) is 17.6. The third kappa shape index (κ3) is 4.82. The smallest absolute Gasteiger partial charge is 0.292 e. The molecule has 0 atom stereocenters. The van der Waals surface area contributed by atoms with E-state index in [1.54, 1.807) is 55.6 Å². The van der Waals surface area contributed by atoms with Gasteiger partial charge in [-0.2, -0.15) is 20.1 Å². The van der Waals surface area contributed by atoms with Crippen molar-refractivity contribution < 1.29 is 14.3 Å². The van der Waals surface area contributed by atoms with Crippen LogP contribution >= 0.6 is 0 Å². The van der Waals surface area contributed by atoms with Gasteiger partial charge in [0.1, 0.15) is 23.1 Å². The number of nitrogens with one attached hydrogen (secondary N) is 1. The van der Waals surface area contributed by atoms with Crippen LogP contribution in [0.25, 0.3) is 5.69 Å². The van der Waals surface area contributed by atoms with Crippen LogP contribution in [0.15, 0.2) is 58.4 Å². The highest BCUT2D eigenvalue weighted by atomic mass is 16.5. The van der Waals surface area contributed by atoms with Gasteiger partial charge >= 0.3 is 0 Å². The first kappa shape index (κ1) is 22.2. The summed E-state index contributed by atoms with van der Waals surface area (Å²) in [4.78, 5) is 25.5. The van der Waals surface area contributed by atoms with Crippen molar-refractivity contribution in [3.8, 4) is 23.3 Å². The molecule has 9 heteroatoms. The van der Waals surface area contributed by atoms with Crippen molar-refractivity contribution in [1.82, 2.24) is 15.2 Å². The van der Waals surface area contributed by atoms with Crippen LogP contribution in [0.3, 0.4) is 0 Å². The molecule has 0 spiro atoms. The Labute approximate surface area is 184 Å². The van der Waals surface area contributed by atoms with Gasteiger partial charge in [0.05, 0.1) is 25.6 Å². The predicted octanol–water partition coefficient (Wildman–Crippen LogP) is 2.58. The number of hydrazone groups is 1. The molecule has 0 aliphatic carbocycles. The maximum atomic E-state index is 12.7. The van der Waals surface area contributed by atoms with Crippen molar-refractivity contribution in [2.24, 2.45) is 5.10 Å². The van der Waals surface area contributed by atoms with E-state index in [0.717, 1.165) is 4.68 Å². The molecule has 32 heavy (non-hydrogen) atoms. The van der Waals surface area contributed by atoms with Gasteiger partial charge in [-0.3, -0.25) is 9.59 Å². The third-order valence-corrected chi connectivity index (χ3v) is 4.53. The molecule has 0 unspecified atom stereocenters. The second kappa shape index (κ2) is 10.0. The molecule has 3 aromatic rings. The molecule has 1 N–H and O–H groups in total. The van der Waals surface area contributed by atoms with E-state index < -0.39 is 11.5 Å². The number of carbonyl (C=O) groups excluding carboxylic acids is 1. The largest absolute Gasteiger partial charge is 0.497 e. The van der Waals surface area contributed by atoms with Crippen molar-refractivity contribution in [3.63, 3.8) is 0 Å². The Morgan fingerprint density at radius 3 is 2.66 bits per heavy atom. The van der Waals surface area contributed by atoms with E-state index in [4.69, 9.17) is 9.47 Å². The van der Waals surface area contributed by atoms with Gasteiger partial charge in [-0.1, -0.05) is 12.1 Å². The highest BCUT2D eigenvalue weighted by Crippen LogP contribution is 2.15. The minimum Gasteiger partial charge on any atom is -0.497 e. The molecular formula is C23H21N5O4. The highest BCUT2D eigenvalue weighted by Gasteiger charge is 2.20. The number of hydrogen-bond donors (Lipinski definition) is 1. The Morgan fingerprint density at radius 2 is 2.00 bits per heavy atom. The molecule has 0 saturated carbocycles. The Balaban J connectivity index is 1.92. The summed E-state index contributed by atoms with van der Waals surface area (Å²) < 4.78 is 11.6. The second-order valence-electron chi connectivity index (χ2n) is 6.58. The normalized spacial score (nSPS) is 10.6. The number of carbonyl (C=O) groups is 1. The number of nitrogens with zero attached hydrogens (tertiary/aromatic N) is 4. The highest BCUT2D eigenvalue weighted by molar-refractivity contribution is 5.94. The number of ether oxygens (including phenoxy) is 2. The topological polar surface area (TPSA) is 119 Å². The van der Waals surface area contributed by atoms with E-state index in [-0.39, 0.29) is 16.8 Å². The summed E-state index contributed by atoms with van der Waals surface area (Å²) in [5.41, 5.74) is 2.79. The van der Waals surface area contributed by atoms with Crippen molar-refractivity contribution in [3.05, 3.63) is 81.3 Å². The zero-order valence-corrected chi connectivity index (χ0v) is 17.8. The second-order valence-corrected chi connectivity index (χ2v) is 6.58. The molecule has 0 aliphatic rings. The maximum Gasteiger partial charge on any atom is 0.292 e. The van der Waals surface area contributed by atoms with Crippen LogP contribution in [0.1, 0.15) is 34.1 Å². The van der Waals surface area contributed by atoms with Crippen LogP contribution in [-0.4, -0.2) is 35.6 Å². The third-order valence-electron chi connectivity index (χ3n) is 4.53.